The maximum Gasteiger partial charge on any atom is 0.511 e. The Balaban J connectivity index is 0.00000729. The van der Waals surface area contributed by atoms with Crippen molar-refractivity contribution in [2.45, 2.75) is 31.3 Å². The molecule has 0 saturated carbocycles. The van der Waals surface area contributed by atoms with E-state index in [2.05, 4.69) is 20.9 Å². The van der Waals surface area contributed by atoms with E-state index in [9.17, 15) is 26.4 Å². The molecule has 0 aromatic rings. The van der Waals surface area contributed by atoms with Gasteiger partial charge < -0.3 is 20.7 Å². The topological polar surface area (TPSA) is 112 Å². The number of rotatable bonds is 8. The van der Waals surface area contributed by atoms with Crippen molar-refractivity contribution in [2.24, 2.45) is 4.99 Å². The van der Waals surface area contributed by atoms with Crippen LogP contribution in [0.2, 0.25) is 0 Å². The number of ether oxygens (including phenoxy) is 1. The second-order valence-corrected chi connectivity index (χ2v) is 7.74. The summed E-state index contributed by atoms with van der Waals surface area (Å²) >= 11 is 0. The van der Waals surface area contributed by atoms with Gasteiger partial charge in [-0.25, -0.2) is 13.4 Å². The molecule has 0 unspecified atom stereocenters. The Kier molecular flexibility index (Phi) is 12.2. The van der Waals surface area contributed by atoms with Gasteiger partial charge in [-0.2, -0.15) is 17.5 Å². The lowest BCUT2D eigenvalue weighted by molar-refractivity contribution is -0.119. The predicted octanol–water partition coefficient (Wildman–Crippen LogP) is 0.236. The minimum absolute atomic E-state index is 0. The lowest BCUT2D eigenvalue weighted by Gasteiger charge is -2.32. The quantitative estimate of drug-likeness (QED) is 0.175. The van der Waals surface area contributed by atoms with E-state index in [4.69, 9.17) is 4.74 Å². The lowest BCUT2D eigenvalue weighted by atomic mass is 10.1. The van der Waals surface area contributed by atoms with E-state index in [0.717, 1.165) is 0 Å². The summed E-state index contributed by atoms with van der Waals surface area (Å²) in [5.74, 6) is 0.0480. The Bertz CT molecular complexity index is 611. The van der Waals surface area contributed by atoms with Gasteiger partial charge in [0.1, 0.15) is 6.54 Å². The van der Waals surface area contributed by atoms with Crippen molar-refractivity contribution in [1.29, 1.82) is 0 Å². The highest BCUT2D eigenvalue weighted by atomic mass is 127. The lowest BCUT2D eigenvalue weighted by Crippen LogP contribution is -2.51. The summed E-state index contributed by atoms with van der Waals surface area (Å²) in [7, 11) is -3.78. The van der Waals surface area contributed by atoms with Crippen molar-refractivity contribution in [2.75, 3.05) is 46.4 Å². The molecule has 0 aliphatic carbocycles. The van der Waals surface area contributed by atoms with E-state index in [0.29, 0.717) is 30.0 Å². The molecule has 1 aliphatic heterocycles. The summed E-state index contributed by atoms with van der Waals surface area (Å²) in [6.07, 6.45) is 0.388. The zero-order valence-corrected chi connectivity index (χ0v) is 18.9. The summed E-state index contributed by atoms with van der Waals surface area (Å²) in [5.41, 5.74) is -5.29. The molecule has 9 nitrogen and oxygen atoms in total. The fourth-order valence-electron chi connectivity index (χ4n) is 2.40. The Hall–Kier alpha value is -0.870. The number of carbonyl (C=O) groups is 1. The molecular formula is C14H27F3IN5O4S. The molecule has 0 spiro atoms. The first-order valence-electron chi connectivity index (χ1n) is 8.48. The Morgan fingerprint density at radius 2 is 1.86 bits per heavy atom. The smallest absolute Gasteiger partial charge is 0.383 e. The van der Waals surface area contributed by atoms with Gasteiger partial charge in [-0.1, -0.05) is 0 Å². The van der Waals surface area contributed by atoms with E-state index < -0.39 is 15.5 Å². The number of nitrogens with one attached hydrogen (secondary N) is 3. The fraction of sp³-hybridized carbons (Fsp3) is 0.857. The van der Waals surface area contributed by atoms with Gasteiger partial charge in [-0.05, 0) is 19.8 Å². The molecule has 3 N–H and O–H groups in total. The zero-order valence-electron chi connectivity index (χ0n) is 15.7. The predicted molar refractivity (Wildman–Crippen MR) is 109 cm³/mol. The van der Waals surface area contributed by atoms with Gasteiger partial charge in [-0.15, -0.1) is 24.0 Å². The highest BCUT2D eigenvalue weighted by Crippen LogP contribution is 2.28. The van der Waals surface area contributed by atoms with Crippen molar-refractivity contribution in [3.05, 3.63) is 0 Å². The number of piperidine rings is 1. The largest absolute Gasteiger partial charge is 0.511 e. The molecule has 0 atom stereocenters. The van der Waals surface area contributed by atoms with E-state index in [1.807, 2.05) is 6.92 Å². The second-order valence-electron chi connectivity index (χ2n) is 5.81. The molecule has 1 amide bonds. The Morgan fingerprint density at radius 1 is 1.25 bits per heavy atom. The van der Waals surface area contributed by atoms with Gasteiger partial charge in [0.05, 0.1) is 6.61 Å². The third kappa shape index (κ3) is 8.65. The van der Waals surface area contributed by atoms with Gasteiger partial charge in [0.25, 0.3) is 0 Å². The third-order valence-electron chi connectivity index (χ3n) is 3.78. The van der Waals surface area contributed by atoms with Crippen molar-refractivity contribution < 1.29 is 31.1 Å². The van der Waals surface area contributed by atoms with Crippen molar-refractivity contribution in [3.63, 3.8) is 0 Å². The molecule has 1 fully saturated rings. The molecule has 166 valence electrons. The number of sulfonamides is 1. The molecule has 1 aliphatic rings. The Labute approximate surface area is 179 Å². The number of amides is 1. The van der Waals surface area contributed by atoms with Crippen LogP contribution >= 0.6 is 24.0 Å². The average molecular weight is 545 g/mol. The standard InChI is InChI=1S/C14H26F3N5O4S.HI/c1-3-18-13(20-10-12(23)19-6-9-26-2)21-11-4-7-22(8-5-11)27(24,25)14(15,16)17;/h11H,3-10H2,1-2H3,(H,19,23)(H2,18,20,21);1H. The highest BCUT2D eigenvalue weighted by Gasteiger charge is 2.50. The monoisotopic (exact) mass is 545 g/mol. The van der Waals surface area contributed by atoms with Crippen LogP contribution in [0.25, 0.3) is 0 Å². The minimum Gasteiger partial charge on any atom is -0.383 e. The van der Waals surface area contributed by atoms with Crippen LogP contribution in [0.15, 0.2) is 4.99 Å². The van der Waals surface area contributed by atoms with Gasteiger partial charge in [0.2, 0.25) is 5.91 Å². The van der Waals surface area contributed by atoms with Crippen LogP contribution in [0, 0.1) is 0 Å². The van der Waals surface area contributed by atoms with Gasteiger partial charge >= 0.3 is 15.5 Å². The highest BCUT2D eigenvalue weighted by molar-refractivity contribution is 14.0. The van der Waals surface area contributed by atoms with Crippen LogP contribution in [0.4, 0.5) is 13.2 Å². The molecule has 0 radical (unpaired) electrons. The summed E-state index contributed by atoms with van der Waals surface area (Å²) in [5, 5.41) is 8.58. The second kappa shape index (κ2) is 12.6. The van der Waals surface area contributed by atoms with Crippen LogP contribution in [-0.4, -0.2) is 82.6 Å². The maximum absolute atomic E-state index is 12.6. The fourth-order valence-corrected chi connectivity index (χ4v) is 3.38. The summed E-state index contributed by atoms with van der Waals surface area (Å²) < 4.78 is 65.9. The number of hydrogen-bond acceptors (Lipinski definition) is 5. The van der Waals surface area contributed by atoms with E-state index in [1.54, 1.807) is 0 Å². The first kappa shape index (κ1) is 27.1. The number of aliphatic imine (C=N–C) groups is 1. The third-order valence-corrected chi connectivity index (χ3v) is 5.41. The first-order chi connectivity index (χ1) is 12.6. The molecule has 0 aromatic heterocycles. The number of alkyl halides is 3. The summed E-state index contributed by atoms with van der Waals surface area (Å²) in [6, 6.07) is -0.251. The van der Waals surface area contributed by atoms with Crippen LogP contribution < -0.4 is 16.0 Å². The molecule has 14 heteroatoms. The average Bonchev–Trinajstić information content (AvgIpc) is 2.59. The van der Waals surface area contributed by atoms with Crippen molar-refractivity contribution >= 4 is 45.9 Å². The van der Waals surface area contributed by atoms with Crippen LogP contribution in [0.5, 0.6) is 0 Å². The van der Waals surface area contributed by atoms with Crippen LogP contribution in [0.1, 0.15) is 19.8 Å². The number of guanidine groups is 1. The van der Waals surface area contributed by atoms with Gasteiger partial charge in [0, 0.05) is 39.3 Å². The molecule has 1 heterocycles. The van der Waals surface area contributed by atoms with Gasteiger partial charge in [0.15, 0.2) is 5.96 Å². The Morgan fingerprint density at radius 3 is 2.36 bits per heavy atom. The molecule has 1 saturated heterocycles. The normalized spacial score (nSPS) is 17.0. The molecular weight excluding hydrogens is 518 g/mol. The van der Waals surface area contributed by atoms with Crippen LogP contribution in [0.3, 0.4) is 0 Å². The minimum atomic E-state index is -5.30. The van der Waals surface area contributed by atoms with E-state index in [-0.39, 0.29) is 68.4 Å². The number of nitrogens with zero attached hydrogens (tertiary/aromatic N) is 2. The van der Waals surface area contributed by atoms with Crippen molar-refractivity contribution in [1.82, 2.24) is 20.3 Å². The van der Waals surface area contributed by atoms with E-state index >= 15 is 0 Å². The SMILES string of the molecule is CCNC(=NCC(=O)NCCOC)NC1CCN(S(=O)(=O)C(F)(F)F)CC1.I. The zero-order chi connectivity index (χ0) is 20.5. The maximum atomic E-state index is 12.6. The summed E-state index contributed by atoms with van der Waals surface area (Å²) in [4.78, 5) is 15.8. The van der Waals surface area contributed by atoms with E-state index in [1.165, 1.54) is 7.11 Å². The molecule has 0 aromatic carbocycles. The van der Waals surface area contributed by atoms with Crippen LogP contribution in [-0.2, 0) is 19.6 Å². The first-order valence-corrected chi connectivity index (χ1v) is 9.92. The van der Waals surface area contributed by atoms with Crippen molar-refractivity contribution in [3.8, 4) is 0 Å². The van der Waals surface area contributed by atoms with Gasteiger partial charge in [-0.3, -0.25) is 4.79 Å². The number of hydrogen-bond donors (Lipinski definition) is 3. The molecule has 1 rings (SSSR count). The molecule has 0 bridgehead atoms. The number of halogens is 4. The number of carbonyl (C=O) groups excluding carboxylic acids is 1. The number of methoxy groups -OCH3 is 1. The molecule has 28 heavy (non-hydrogen) atoms. The summed E-state index contributed by atoms with van der Waals surface area (Å²) in [6.45, 7) is 2.49.